The van der Waals surface area contributed by atoms with Crippen LogP contribution in [0.2, 0.25) is 0 Å². The summed E-state index contributed by atoms with van der Waals surface area (Å²) < 4.78 is 16.1. The lowest BCUT2D eigenvalue weighted by molar-refractivity contribution is 0.427. The molecule has 1 aromatic carbocycles. The van der Waals surface area contributed by atoms with E-state index in [1.165, 1.54) is 12.7 Å². The van der Waals surface area contributed by atoms with E-state index in [9.17, 15) is 9.46 Å². The van der Waals surface area contributed by atoms with Crippen LogP contribution in [0.3, 0.4) is 0 Å². The molecule has 0 amide bonds. The van der Waals surface area contributed by atoms with Crippen LogP contribution in [0, 0.1) is 0 Å². The highest BCUT2D eigenvalue weighted by Gasteiger charge is 2.20. The Morgan fingerprint density at radius 1 is 1.33 bits per heavy atom. The maximum atomic E-state index is 11.3. The second kappa shape index (κ2) is 3.65. The predicted molar refractivity (Wildman–Crippen MR) is 57.3 cm³/mol. The molecule has 5 heteroatoms. The van der Waals surface area contributed by atoms with Gasteiger partial charge in [-0.3, -0.25) is 4.57 Å². The second-order valence-electron chi connectivity index (χ2n) is 3.30. The van der Waals surface area contributed by atoms with Crippen LogP contribution in [0.5, 0.6) is 0 Å². The highest BCUT2D eigenvalue weighted by atomic mass is 31.2. The molecular weight excluding hydrogens is 213 g/mol. The van der Waals surface area contributed by atoms with Gasteiger partial charge in [0.1, 0.15) is 5.69 Å². The average molecular weight is 223 g/mol. The highest BCUT2D eigenvalue weighted by Crippen LogP contribution is 2.34. The van der Waals surface area contributed by atoms with Crippen LogP contribution in [0.1, 0.15) is 0 Å². The van der Waals surface area contributed by atoms with Crippen molar-refractivity contribution in [3.05, 3.63) is 36.4 Å². The summed E-state index contributed by atoms with van der Waals surface area (Å²) in [5, 5.41) is 3.75. The van der Waals surface area contributed by atoms with Crippen molar-refractivity contribution in [2.45, 2.75) is 0 Å². The first kappa shape index (κ1) is 10.1. The molecule has 0 radical (unpaired) electrons. The Hall–Kier alpha value is -1.38. The fourth-order valence-electron chi connectivity index (χ4n) is 1.21. The van der Waals surface area contributed by atoms with Crippen LogP contribution in [0.4, 0.5) is 0 Å². The second-order valence-corrected chi connectivity index (χ2v) is 5.49. The standard InChI is InChI=1S/C10H10NO3P/c1-15(12,13)10-7-9(11-14-10)8-5-3-2-4-6-8/h2-7H,1H3,(H,12,13). The molecule has 15 heavy (non-hydrogen) atoms. The minimum atomic E-state index is -3.35. The Morgan fingerprint density at radius 3 is 2.53 bits per heavy atom. The van der Waals surface area contributed by atoms with Crippen molar-refractivity contribution in [2.24, 2.45) is 0 Å². The van der Waals surface area contributed by atoms with E-state index in [2.05, 4.69) is 5.16 Å². The number of hydrogen-bond acceptors (Lipinski definition) is 3. The molecule has 2 rings (SSSR count). The molecule has 0 saturated carbocycles. The van der Waals surface area contributed by atoms with Crippen LogP contribution < -0.4 is 5.50 Å². The van der Waals surface area contributed by atoms with Gasteiger partial charge in [-0.2, -0.15) is 0 Å². The van der Waals surface area contributed by atoms with Gasteiger partial charge in [0, 0.05) is 18.3 Å². The Balaban J connectivity index is 2.41. The minimum absolute atomic E-state index is 0.0290. The molecule has 0 fully saturated rings. The zero-order valence-electron chi connectivity index (χ0n) is 8.12. The third-order valence-corrected chi connectivity index (χ3v) is 3.00. The summed E-state index contributed by atoms with van der Waals surface area (Å²) in [6.07, 6.45) is 0. The molecule has 0 bridgehead atoms. The van der Waals surface area contributed by atoms with Crippen LogP contribution in [-0.2, 0) is 4.57 Å². The van der Waals surface area contributed by atoms with Crippen molar-refractivity contribution >= 4 is 12.9 Å². The molecule has 1 N–H and O–H groups in total. The molecule has 78 valence electrons. The number of hydrogen-bond donors (Lipinski definition) is 1. The quantitative estimate of drug-likeness (QED) is 0.789. The Morgan fingerprint density at radius 2 is 2.00 bits per heavy atom. The molecule has 0 aliphatic carbocycles. The molecular formula is C10H10NO3P. The largest absolute Gasteiger partial charge is 0.350 e. The molecule has 0 spiro atoms. The van der Waals surface area contributed by atoms with E-state index >= 15 is 0 Å². The third-order valence-electron chi connectivity index (χ3n) is 1.98. The van der Waals surface area contributed by atoms with Gasteiger partial charge in [0.2, 0.25) is 5.50 Å². The van der Waals surface area contributed by atoms with Crippen molar-refractivity contribution in [1.82, 2.24) is 5.16 Å². The number of nitrogens with zero attached hydrogens (tertiary/aromatic N) is 1. The van der Waals surface area contributed by atoms with Crippen molar-refractivity contribution in [1.29, 1.82) is 0 Å². The maximum absolute atomic E-state index is 11.3. The zero-order valence-corrected chi connectivity index (χ0v) is 9.02. The third kappa shape index (κ3) is 2.17. The lowest BCUT2D eigenvalue weighted by Crippen LogP contribution is -1.97. The summed E-state index contributed by atoms with van der Waals surface area (Å²) in [4.78, 5) is 9.27. The lowest BCUT2D eigenvalue weighted by atomic mass is 10.2. The molecule has 1 aromatic heterocycles. The molecule has 0 saturated heterocycles. The van der Waals surface area contributed by atoms with Gasteiger partial charge in [0.15, 0.2) is 0 Å². The fourth-order valence-corrected chi connectivity index (χ4v) is 1.76. The molecule has 0 aliphatic heterocycles. The van der Waals surface area contributed by atoms with Crippen molar-refractivity contribution < 1.29 is 14.0 Å². The lowest BCUT2D eigenvalue weighted by Gasteiger charge is -1.95. The predicted octanol–water partition coefficient (Wildman–Crippen LogP) is 1.87. The molecule has 1 atom stereocenters. The van der Waals surface area contributed by atoms with Crippen LogP contribution >= 0.6 is 7.37 Å². The average Bonchev–Trinajstić information content (AvgIpc) is 2.67. The van der Waals surface area contributed by atoms with E-state index in [1.807, 2.05) is 30.3 Å². The molecule has 1 unspecified atom stereocenters. The van der Waals surface area contributed by atoms with Gasteiger partial charge >= 0.3 is 0 Å². The topological polar surface area (TPSA) is 63.3 Å². The number of rotatable bonds is 2. The molecule has 1 heterocycles. The van der Waals surface area contributed by atoms with E-state index in [0.717, 1.165) is 5.56 Å². The van der Waals surface area contributed by atoms with Gasteiger partial charge in [-0.05, 0) is 0 Å². The van der Waals surface area contributed by atoms with Crippen LogP contribution in [0.15, 0.2) is 40.9 Å². The van der Waals surface area contributed by atoms with Gasteiger partial charge < -0.3 is 9.42 Å². The van der Waals surface area contributed by atoms with Crippen LogP contribution in [-0.4, -0.2) is 16.7 Å². The monoisotopic (exact) mass is 223 g/mol. The van der Waals surface area contributed by atoms with E-state index in [1.54, 1.807) is 0 Å². The van der Waals surface area contributed by atoms with Gasteiger partial charge in [-0.15, -0.1) is 0 Å². The van der Waals surface area contributed by atoms with E-state index < -0.39 is 7.37 Å². The highest BCUT2D eigenvalue weighted by molar-refractivity contribution is 7.64. The Bertz CT molecular complexity index is 500. The summed E-state index contributed by atoms with van der Waals surface area (Å²) in [5.41, 5.74) is 1.46. The van der Waals surface area contributed by atoms with Crippen molar-refractivity contribution in [2.75, 3.05) is 6.66 Å². The summed E-state index contributed by atoms with van der Waals surface area (Å²) in [6, 6.07) is 10.8. The van der Waals surface area contributed by atoms with E-state index in [-0.39, 0.29) is 5.50 Å². The number of benzene rings is 1. The molecule has 2 aromatic rings. The first-order valence-electron chi connectivity index (χ1n) is 4.40. The normalized spacial score (nSPS) is 14.8. The summed E-state index contributed by atoms with van der Waals surface area (Å²) in [5.74, 6) is 0. The van der Waals surface area contributed by atoms with Gasteiger partial charge in [-0.25, -0.2) is 0 Å². The Labute approximate surface area is 87.0 Å². The van der Waals surface area contributed by atoms with Gasteiger partial charge in [0.05, 0.1) is 0 Å². The first-order valence-corrected chi connectivity index (χ1v) is 6.51. The summed E-state index contributed by atoms with van der Waals surface area (Å²) in [6.45, 7) is 1.22. The molecule has 0 aliphatic rings. The van der Waals surface area contributed by atoms with Crippen molar-refractivity contribution in [3.8, 4) is 11.3 Å². The van der Waals surface area contributed by atoms with E-state index in [4.69, 9.17) is 4.52 Å². The zero-order chi connectivity index (χ0) is 10.9. The maximum Gasteiger partial charge on any atom is 0.263 e. The van der Waals surface area contributed by atoms with Gasteiger partial charge in [0.25, 0.3) is 7.37 Å². The number of aromatic nitrogens is 1. The van der Waals surface area contributed by atoms with Gasteiger partial charge in [-0.1, -0.05) is 35.5 Å². The Kier molecular flexibility index (Phi) is 2.47. The smallest absolute Gasteiger partial charge is 0.263 e. The molecule has 4 nitrogen and oxygen atoms in total. The minimum Gasteiger partial charge on any atom is -0.350 e. The fraction of sp³-hybridized carbons (Fsp3) is 0.100. The summed E-state index contributed by atoms with van der Waals surface area (Å²) >= 11 is 0. The van der Waals surface area contributed by atoms with Crippen LogP contribution in [0.25, 0.3) is 11.3 Å². The SMILES string of the molecule is CP(=O)(O)c1cc(-c2ccccc2)no1. The van der Waals surface area contributed by atoms with E-state index in [0.29, 0.717) is 5.69 Å². The van der Waals surface area contributed by atoms with Crippen molar-refractivity contribution in [3.63, 3.8) is 0 Å². The summed E-state index contributed by atoms with van der Waals surface area (Å²) in [7, 11) is -3.35. The first-order chi connectivity index (χ1) is 7.07.